The second kappa shape index (κ2) is 16.1. The highest BCUT2D eigenvalue weighted by atomic mass is 32.2. The summed E-state index contributed by atoms with van der Waals surface area (Å²) in [5, 5.41) is 28.3. The van der Waals surface area contributed by atoms with Crippen LogP contribution in [0.2, 0.25) is 0 Å². The summed E-state index contributed by atoms with van der Waals surface area (Å²) in [5.41, 5.74) is 2.23. The highest BCUT2D eigenvalue weighted by Gasteiger charge is 2.33. The van der Waals surface area contributed by atoms with Crippen molar-refractivity contribution in [3.05, 3.63) is 82.9 Å². The third-order valence-electron chi connectivity index (χ3n) is 7.04. The molecule has 0 radical (unpaired) electrons. The lowest BCUT2D eigenvalue weighted by atomic mass is 9.99. The number of aliphatic hydroxyl groups is 1. The number of amides is 1. The van der Waals surface area contributed by atoms with Gasteiger partial charge in [-0.25, -0.2) is 12.8 Å². The molecule has 1 fully saturated rings. The molecule has 0 aliphatic carbocycles. The molecule has 1 aliphatic rings. The molecule has 11 nitrogen and oxygen atoms in total. The van der Waals surface area contributed by atoms with Crippen LogP contribution in [0, 0.1) is 5.82 Å². The number of carbonyl (C=O) groups excluding carboxylic acids is 1. The number of aromatic nitrogens is 2. The zero-order chi connectivity index (χ0) is 31.4. The van der Waals surface area contributed by atoms with Crippen LogP contribution in [0.4, 0.5) is 10.1 Å². The summed E-state index contributed by atoms with van der Waals surface area (Å²) in [4.78, 5) is 21.9. The van der Waals surface area contributed by atoms with Crippen molar-refractivity contribution in [2.24, 2.45) is 0 Å². The van der Waals surface area contributed by atoms with E-state index in [0.717, 1.165) is 28.4 Å². The monoisotopic (exact) mass is 617 g/mol. The van der Waals surface area contributed by atoms with E-state index in [0.29, 0.717) is 31.4 Å². The summed E-state index contributed by atoms with van der Waals surface area (Å²) < 4.78 is 43.8. The van der Waals surface area contributed by atoms with Gasteiger partial charge in [0.1, 0.15) is 0 Å². The van der Waals surface area contributed by atoms with E-state index in [9.17, 15) is 18.3 Å². The van der Waals surface area contributed by atoms with Crippen LogP contribution in [-0.4, -0.2) is 71.8 Å². The van der Waals surface area contributed by atoms with Crippen LogP contribution in [0.3, 0.4) is 0 Å². The Hall–Kier alpha value is -3.81. The van der Waals surface area contributed by atoms with Crippen molar-refractivity contribution >= 4 is 28.1 Å². The molecule has 0 unspecified atom stereocenters. The summed E-state index contributed by atoms with van der Waals surface area (Å²) in [6, 6.07) is 11.7. The number of aliphatic hydroxyl groups excluding tert-OH is 1. The van der Waals surface area contributed by atoms with E-state index >= 15 is 4.39 Å². The Morgan fingerprint density at radius 2 is 1.88 bits per heavy atom. The largest absolute Gasteiger partial charge is 0.483 e. The number of nitrogens with zero attached hydrogens (tertiary/aromatic N) is 3. The fourth-order valence-corrected chi connectivity index (χ4v) is 6.49. The van der Waals surface area contributed by atoms with Crippen molar-refractivity contribution in [2.75, 3.05) is 23.1 Å². The molecule has 3 aromatic rings. The number of hydrogen-bond acceptors (Lipinski definition) is 7. The second-order valence-electron chi connectivity index (χ2n) is 10.2. The van der Waals surface area contributed by atoms with E-state index in [2.05, 4.69) is 15.7 Å². The molecule has 1 saturated heterocycles. The van der Waals surface area contributed by atoms with Gasteiger partial charge in [-0.05, 0) is 49.4 Å². The number of rotatable bonds is 13. The van der Waals surface area contributed by atoms with Crippen LogP contribution in [0.1, 0.15) is 53.7 Å². The normalized spacial score (nSPS) is 15.3. The second-order valence-corrected chi connectivity index (χ2v) is 12.3. The van der Waals surface area contributed by atoms with E-state index in [1.165, 1.54) is 12.1 Å². The quantitative estimate of drug-likeness (QED) is 0.214. The third kappa shape index (κ3) is 9.34. The molecule has 4 N–H and O–H groups in total. The standard InChI is InChI=1S/C29H38FN5O4S.CH2O2/c1-3-9-22-14-24(28(30)26(16-22)35-12-8-13-40(35,38)39)29(37)33-25(15-21-10-6-5-7-11-21)27(36)19-31-17-23-18-32-34(4-2)20-23;2-1-3/h5-7,10-11,14,16,18,20,25,27,31,36H,3-4,8-9,12-13,15,17,19H2,1-2H3,(H,33,37);1H,(H,2,3)/t25-,27+;/m0./s1. The number of anilines is 1. The Labute approximate surface area is 251 Å². The zero-order valence-electron chi connectivity index (χ0n) is 24.4. The molecule has 1 aromatic heterocycles. The Bertz CT molecular complexity index is 1450. The van der Waals surface area contributed by atoms with Crippen molar-refractivity contribution in [1.82, 2.24) is 20.4 Å². The lowest BCUT2D eigenvalue weighted by Crippen LogP contribution is -2.49. The summed E-state index contributed by atoms with van der Waals surface area (Å²) in [6.07, 6.45) is 4.74. The van der Waals surface area contributed by atoms with Gasteiger partial charge in [0.2, 0.25) is 10.0 Å². The highest BCUT2D eigenvalue weighted by Crippen LogP contribution is 2.31. The van der Waals surface area contributed by atoms with Gasteiger partial charge in [-0.2, -0.15) is 5.10 Å². The predicted octanol–water partition coefficient (Wildman–Crippen LogP) is 2.73. The molecule has 43 heavy (non-hydrogen) atoms. The summed E-state index contributed by atoms with van der Waals surface area (Å²) >= 11 is 0. The molecule has 234 valence electrons. The van der Waals surface area contributed by atoms with Gasteiger partial charge in [-0.3, -0.25) is 18.6 Å². The lowest BCUT2D eigenvalue weighted by molar-refractivity contribution is -0.122. The molecule has 1 amide bonds. The molecule has 13 heteroatoms. The maximum absolute atomic E-state index is 15.8. The number of nitrogens with one attached hydrogen (secondary N) is 2. The van der Waals surface area contributed by atoms with E-state index in [1.54, 1.807) is 6.20 Å². The number of hydrogen-bond donors (Lipinski definition) is 4. The van der Waals surface area contributed by atoms with Gasteiger partial charge in [0.25, 0.3) is 12.4 Å². The summed E-state index contributed by atoms with van der Waals surface area (Å²) in [5.74, 6) is -1.62. The zero-order valence-corrected chi connectivity index (χ0v) is 25.3. The first kappa shape index (κ1) is 33.7. The van der Waals surface area contributed by atoms with Crippen molar-refractivity contribution in [3.8, 4) is 0 Å². The Balaban J connectivity index is 0.00000162. The Morgan fingerprint density at radius 3 is 2.49 bits per heavy atom. The summed E-state index contributed by atoms with van der Waals surface area (Å²) in [6.45, 7) is 5.32. The first-order chi connectivity index (χ1) is 20.6. The van der Waals surface area contributed by atoms with Crippen molar-refractivity contribution in [2.45, 2.75) is 64.8 Å². The van der Waals surface area contributed by atoms with Gasteiger partial charge in [0, 0.05) is 37.9 Å². The Morgan fingerprint density at radius 1 is 1.16 bits per heavy atom. The number of aryl methyl sites for hydroxylation is 2. The fourth-order valence-electron chi connectivity index (χ4n) is 4.93. The lowest BCUT2D eigenvalue weighted by Gasteiger charge is -2.26. The van der Waals surface area contributed by atoms with Crippen LogP contribution >= 0.6 is 0 Å². The molecule has 4 rings (SSSR count). The van der Waals surface area contributed by atoms with Gasteiger partial charge in [0.05, 0.1) is 35.3 Å². The molecule has 0 spiro atoms. The van der Waals surface area contributed by atoms with Gasteiger partial charge in [-0.15, -0.1) is 0 Å². The first-order valence-electron chi connectivity index (χ1n) is 14.3. The van der Waals surface area contributed by atoms with Crippen molar-refractivity contribution < 1.29 is 32.6 Å². The van der Waals surface area contributed by atoms with E-state index in [-0.39, 0.29) is 36.6 Å². The molecule has 2 atom stereocenters. The molecule has 0 saturated carbocycles. The molecular weight excluding hydrogens is 577 g/mol. The molecule has 1 aliphatic heterocycles. The van der Waals surface area contributed by atoms with E-state index in [1.807, 2.05) is 55.1 Å². The molecule has 2 aromatic carbocycles. The maximum Gasteiger partial charge on any atom is 0.290 e. The van der Waals surface area contributed by atoms with Crippen LogP contribution in [0.25, 0.3) is 0 Å². The van der Waals surface area contributed by atoms with Crippen LogP contribution < -0.4 is 14.9 Å². The van der Waals surface area contributed by atoms with Crippen molar-refractivity contribution in [1.29, 1.82) is 0 Å². The van der Waals surface area contributed by atoms with Gasteiger partial charge in [0.15, 0.2) is 5.82 Å². The minimum absolute atomic E-state index is 0.0520. The predicted molar refractivity (Wildman–Crippen MR) is 162 cm³/mol. The minimum Gasteiger partial charge on any atom is -0.483 e. The van der Waals surface area contributed by atoms with E-state index < -0.39 is 33.9 Å². The SMILES string of the molecule is CCCc1cc(C(=O)N[C@@H](Cc2ccccc2)[C@H](O)CNCc2cnn(CC)c2)c(F)c(N2CCCS2(=O)=O)c1.O=CO. The average Bonchev–Trinajstić information content (AvgIpc) is 3.59. The first-order valence-corrected chi connectivity index (χ1v) is 15.9. The number of carbonyl (C=O) groups is 2. The van der Waals surface area contributed by atoms with Gasteiger partial charge < -0.3 is 20.8 Å². The average molecular weight is 618 g/mol. The molecule has 0 bridgehead atoms. The summed E-state index contributed by atoms with van der Waals surface area (Å²) in [7, 11) is -3.64. The van der Waals surface area contributed by atoms with Crippen LogP contribution in [-0.2, 0) is 40.7 Å². The fraction of sp³-hybridized carbons (Fsp3) is 0.433. The number of sulfonamides is 1. The topological polar surface area (TPSA) is 154 Å². The minimum atomic E-state index is -3.64. The van der Waals surface area contributed by atoms with Crippen LogP contribution in [0.5, 0.6) is 0 Å². The van der Waals surface area contributed by atoms with Gasteiger partial charge in [-0.1, -0.05) is 43.7 Å². The Kier molecular flexibility index (Phi) is 12.7. The maximum atomic E-state index is 15.8. The van der Waals surface area contributed by atoms with Crippen LogP contribution in [0.15, 0.2) is 54.9 Å². The molecule has 2 heterocycles. The molecular formula is C30H40FN5O6S. The number of benzene rings is 2. The highest BCUT2D eigenvalue weighted by molar-refractivity contribution is 7.93. The smallest absolute Gasteiger partial charge is 0.290 e. The number of halogens is 1. The van der Waals surface area contributed by atoms with Gasteiger partial charge >= 0.3 is 0 Å². The van der Waals surface area contributed by atoms with Crippen molar-refractivity contribution in [3.63, 3.8) is 0 Å². The third-order valence-corrected chi connectivity index (χ3v) is 8.89. The van der Waals surface area contributed by atoms with E-state index in [4.69, 9.17) is 9.90 Å². The number of carboxylic acid groups (broad SMARTS) is 1.